The predicted molar refractivity (Wildman–Crippen MR) is 56.3 cm³/mol. The summed E-state index contributed by atoms with van der Waals surface area (Å²) in [6, 6.07) is 0. The molecule has 0 aliphatic heterocycles. The lowest BCUT2D eigenvalue weighted by atomic mass is 9.83. The fourth-order valence-electron chi connectivity index (χ4n) is 1.28. The Morgan fingerprint density at radius 2 is 2.08 bits per heavy atom. The first kappa shape index (κ1) is 11.7. The Bertz CT molecular complexity index is 129. The van der Waals surface area contributed by atoms with Crippen LogP contribution < -0.4 is 5.32 Å². The van der Waals surface area contributed by atoms with Gasteiger partial charge in [0.15, 0.2) is 0 Å². The summed E-state index contributed by atoms with van der Waals surface area (Å²) in [4.78, 5) is 0. The first-order valence-electron chi connectivity index (χ1n) is 4.82. The summed E-state index contributed by atoms with van der Waals surface area (Å²) in [5, 5.41) is 3.21. The maximum absolute atomic E-state index is 3.89. The number of nitrogens with one attached hydrogen (secondary N) is 1. The second-order valence-electron chi connectivity index (χ2n) is 4.32. The van der Waals surface area contributed by atoms with E-state index in [1.165, 1.54) is 12.8 Å². The smallest absolute Gasteiger partial charge is 0.00367 e. The molecule has 0 aromatic heterocycles. The maximum atomic E-state index is 3.89. The SMILES string of the molecule is C=CC(C)(CCC(C)C)CNC. The molecule has 1 N–H and O–H groups in total. The van der Waals surface area contributed by atoms with Gasteiger partial charge in [0.25, 0.3) is 0 Å². The Morgan fingerprint density at radius 1 is 1.50 bits per heavy atom. The second-order valence-corrected chi connectivity index (χ2v) is 4.32. The molecule has 0 heterocycles. The van der Waals surface area contributed by atoms with Crippen molar-refractivity contribution in [3.05, 3.63) is 12.7 Å². The zero-order valence-corrected chi connectivity index (χ0v) is 8.98. The molecule has 0 bridgehead atoms. The Kier molecular flexibility index (Phi) is 5.23. The Hall–Kier alpha value is -0.300. The molecule has 1 heteroatoms. The highest BCUT2D eigenvalue weighted by Gasteiger charge is 2.18. The third-order valence-corrected chi connectivity index (χ3v) is 2.37. The van der Waals surface area contributed by atoms with Crippen molar-refractivity contribution >= 4 is 0 Å². The lowest BCUT2D eigenvalue weighted by molar-refractivity contribution is 0.341. The highest BCUT2D eigenvalue weighted by molar-refractivity contribution is 4.92. The third-order valence-electron chi connectivity index (χ3n) is 2.37. The van der Waals surface area contributed by atoms with Crippen LogP contribution in [0.3, 0.4) is 0 Å². The summed E-state index contributed by atoms with van der Waals surface area (Å²) in [7, 11) is 2.00. The van der Waals surface area contributed by atoms with Gasteiger partial charge >= 0.3 is 0 Å². The van der Waals surface area contributed by atoms with Crippen molar-refractivity contribution in [1.29, 1.82) is 0 Å². The molecule has 0 radical (unpaired) electrons. The van der Waals surface area contributed by atoms with Crippen LogP contribution in [0.2, 0.25) is 0 Å². The monoisotopic (exact) mass is 169 g/mol. The molecule has 0 aliphatic carbocycles. The van der Waals surface area contributed by atoms with E-state index in [0.29, 0.717) is 0 Å². The van der Waals surface area contributed by atoms with E-state index >= 15 is 0 Å². The summed E-state index contributed by atoms with van der Waals surface area (Å²) < 4.78 is 0. The van der Waals surface area contributed by atoms with Crippen LogP contribution in [0.15, 0.2) is 12.7 Å². The van der Waals surface area contributed by atoms with Crippen LogP contribution in [0.1, 0.15) is 33.6 Å². The van der Waals surface area contributed by atoms with Gasteiger partial charge in [0.05, 0.1) is 0 Å². The molecule has 0 aromatic rings. The van der Waals surface area contributed by atoms with E-state index in [1.54, 1.807) is 0 Å². The quantitative estimate of drug-likeness (QED) is 0.603. The first-order chi connectivity index (χ1) is 5.54. The minimum Gasteiger partial charge on any atom is -0.319 e. The number of rotatable bonds is 6. The van der Waals surface area contributed by atoms with Crippen molar-refractivity contribution in [2.75, 3.05) is 13.6 Å². The molecule has 0 aromatic carbocycles. The summed E-state index contributed by atoms with van der Waals surface area (Å²) in [6.07, 6.45) is 4.59. The van der Waals surface area contributed by atoms with Crippen LogP contribution >= 0.6 is 0 Å². The number of hydrogen-bond donors (Lipinski definition) is 1. The molecular formula is C11H23N. The van der Waals surface area contributed by atoms with Gasteiger partial charge in [0.2, 0.25) is 0 Å². The second kappa shape index (κ2) is 5.36. The largest absolute Gasteiger partial charge is 0.319 e. The molecular weight excluding hydrogens is 146 g/mol. The van der Waals surface area contributed by atoms with E-state index in [-0.39, 0.29) is 5.41 Å². The van der Waals surface area contributed by atoms with Crippen molar-refractivity contribution in [3.8, 4) is 0 Å². The van der Waals surface area contributed by atoms with Gasteiger partial charge in [-0.25, -0.2) is 0 Å². The highest BCUT2D eigenvalue weighted by atomic mass is 14.8. The molecule has 0 saturated carbocycles. The van der Waals surface area contributed by atoms with Crippen molar-refractivity contribution in [2.45, 2.75) is 33.6 Å². The minimum absolute atomic E-state index is 0.277. The van der Waals surface area contributed by atoms with Crippen LogP contribution in [0, 0.1) is 11.3 Å². The lowest BCUT2D eigenvalue weighted by Gasteiger charge is -2.26. The molecule has 0 saturated heterocycles. The number of hydrogen-bond acceptors (Lipinski definition) is 1. The first-order valence-corrected chi connectivity index (χ1v) is 4.82. The van der Waals surface area contributed by atoms with Crippen molar-refractivity contribution < 1.29 is 0 Å². The van der Waals surface area contributed by atoms with Crippen molar-refractivity contribution in [2.24, 2.45) is 11.3 Å². The molecule has 0 spiro atoms. The highest BCUT2D eigenvalue weighted by Crippen LogP contribution is 2.25. The average molecular weight is 169 g/mol. The van der Waals surface area contributed by atoms with Gasteiger partial charge < -0.3 is 5.32 Å². The van der Waals surface area contributed by atoms with Crippen LogP contribution in [-0.2, 0) is 0 Å². The van der Waals surface area contributed by atoms with E-state index in [0.717, 1.165) is 12.5 Å². The maximum Gasteiger partial charge on any atom is 0.00367 e. The van der Waals surface area contributed by atoms with Crippen molar-refractivity contribution in [1.82, 2.24) is 5.32 Å². The molecule has 1 nitrogen and oxygen atoms in total. The fourth-order valence-corrected chi connectivity index (χ4v) is 1.28. The van der Waals surface area contributed by atoms with E-state index < -0.39 is 0 Å². The van der Waals surface area contributed by atoms with Gasteiger partial charge in [0, 0.05) is 6.54 Å². The van der Waals surface area contributed by atoms with E-state index in [1.807, 2.05) is 7.05 Å². The van der Waals surface area contributed by atoms with Crippen LogP contribution in [0.25, 0.3) is 0 Å². The van der Waals surface area contributed by atoms with Crippen LogP contribution in [-0.4, -0.2) is 13.6 Å². The van der Waals surface area contributed by atoms with Gasteiger partial charge in [-0.3, -0.25) is 0 Å². The molecule has 0 aliphatic rings. The Balaban J connectivity index is 3.87. The predicted octanol–water partition coefficient (Wildman–Crippen LogP) is 2.83. The van der Waals surface area contributed by atoms with Gasteiger partial charge in [-0.1, -0.05) is 33.3 Å². The molecule has 0 fully saturated rings. The van der Waals surface area contributed by atoms with Crippen LogP contribution in [0.5, 0.6) is 0 Å². The van der Waals surface area contributed by atoms with Gasteiger partial charge in [-0.2, -0.15) is 0 Å². The van der Waals surface area contributed by atoms with Gasteiger partial charge in [0.1, 0.15) is 0 Å². The average Bonchev–Trinajstić information content (AvgIpc) is 2.02. The van der Waals surface area contributed by atoms with Crippen LogP contribution in [0.4, 0.5) is 0 Å². The minimum atomic E-state index is 0.277. The third kappa shape index (κ3) is 4.55. The summed E-state index contributed by atoms with van der Waals surface area (Å²) in [6.45, 7) is 11.7. The fraction of sp³-hybridized carbons (Fsp3) is 0.818. The van der Waals surface area contributed by atoms with Gasteiger partial charge in [-0.05, 0) is 24.8 Å². The topological polar surface area (TPSA) is 12.0 Å². The van der Waals surface area contributed by atoms with E-state index in [4.69, 9.17) is 0 Å². The zero-order chi connectivity index (χ0) is 9.61. The zero-order valence-electron chi connectivity index (χ0n) is 8.98. The summed E-state index contributed by atoms with van der Waals surface area (Å²) in [5.74, 6) is 0.793. The van der Waals surface area contributed by atoms with Crippen molar-refractivity contribution in [3.63, 3.8) is 0 Å². The Morgan fingerprint density at radius 3 is 2.42 bits per heavy atom. The van der Waals surface area contributed by atoms with Gasteiger partial charge in [-0.15, -0.1) is 6.58 Å². The Labute approximate surface area is 77.2 Å². The molecule has 72 valence electrons. The molecule has 1 unspecified atom stereocenters. The standard InChI is InChI=1S/C11H23N/c1-6-11(4,9-12-5)8-7-10(2)3/h6,10,12H,1,7-9H2,2-5H3. The summed E-state index contributed by atoms with van der Waals surface area (Å²) >= 11 is 0. The normalized spacial score (nSPS) is 16.1. The van der Waals surface area contributed by atoms with E-state index in [2.05, 4.69) is 38.7 Å². The van der Waals surface area contributed by atoms with E-state index in [9.17, 15) is 0 Å². The molecule has 1 atom stereocenters. The lowest BCUT2D eigenvalue weighted by Crippen LogP contribution is -2.27. The summed E-state index contributed by atoms with van der Waals surface area (Å²) in [5.41, 5.74) is 0.277. The molecule has 0 rings (SSSR count). The molecule has 0 amide bonds. The molecule has 12 heavy (non-hydrogen) atoms.